The van der Waals surface area contributed by atoms with Crippen molar-refractivity contribution in [2.75, 3.05) is 11.9 Å². The van der Waals surface area contributed by atoms with Crippen molar-refractivity contribution >= 4 is 16.9 Å². The van der Waals surface area contributed by atoms with E-state index < -0.39 is 5.54 Å². The molecular weight excluding hydrogens is 278 g/mol. The van der Waals surface area contributed by atoms with Crippen molar-refractivity contribution in [3.8, 4) is 5.69 Å². The van der Waals surface area contributed by atoms with Crippen LogP contribution < -0.4 is 5.32 Å². The number of hydrogen-bond donors (Lipinski definition) is 2. The molecule has 0 amide bonds. The van der Waals surface area contributed by atoms with Gasteiger partial charge in [-0.05, 0) is 32.9 Å². The van der Waals surface area contributed by atoms with E-state index in [-0.39, 0.29) is 6.61 Å². The highest BCUT2D eigenvalue weighted by Crippen LogP contribution is 2.24. The molecule has 0 aliphatic rings. The Morgan fingerprint density at radius 3 is 2.59 bits per heavy atom. The third kappa shape index (κ3) is 2.65. The van der Waals surface area contributed by atoms with Crippen LogP contribution in [0.3, 0.4) is 0 Å². The number of aryl methyl sites for hydroxylation is 1. The average molecular weight is 297 g/mol. The van der Waals surface area contributed by atoms with Gasteiger partial charge in [0.15, 0.2) is 5.65 Å². The van der Waals surface area contributed by atoms with Crippen LogP contribution in [0.1, 0.15) is 19.4 Å². The van der Waals surface area contributed by atoms with Crippen LogP contribution in [0.2, 0.25) is 0 Å². The number of aliphatic hydroxyl groups excluding tert-OH is 1. The normalized spacial score (nSPS) is 11.8. The Kier molecular flexibility index (Phi) is 3.54. The summed E-state index contributed by atoms with van der Waals surface area (Å²) in [5.41, 5.74) is 2.41. The van der Waals surface area contributed by atoms with Crippen molar-refractivity contribution in [2.45, 2.75) is 26.3 Å². The fourth-order valence-electron chi connectivity index (χ4n) is 2.18. The summed E-state index contributed by atoms with van der Waals surface area (Å²) in [4.78, 5) is 8.62. The Hall–Kier alpha value is -2.47. The van der Waals surface area contributed by atoms with Crippen LogP contribution in [0, 0.1) is 6.92 Å². The molecule has 0 fully saturated rings. The Balaban J connectivity index is 2.07. The van der Waals surface area contributed by atoms with Gasteiger partial charge in [0.05, 0.1) is 29.4 Å². The average Bonchev–Trinajstić information content (AvgIpc) is 2.93. The lowest BCUT2D eigenvalue weighted by atomic mass is 10.1. The number of anilines is 1. The van der Waals surface area contributed by atoms with Crippen molar-refractivity contribution in [3.05, 3.63) is 42.4 Å². The quantitative estimate of drug-likeness (QED) is 0.773. The van der Waals surface area contributed by atoms with Crippen molar-refractivity contribution in [1.82, 2.24) is 19.7 Å². The van der Waals surface area contributed by atoms with E-state index in [1.54, 1.807) is 10.9 Å². The Morgan fingerprint density at radius 1 is 1.18 bits per heavy atom. The Labute approximate surface area is 128 Å². The highest BCUT2D eigenvalue weighted by Gasteiger charge is 2.19. The van der Waals surface area contributed by atoms with E-state index in [1.807, 2.05) is 45.0 Å². The molecule has 2 heterocycles. The summed E-state index contributed by atoms with van der Waals surface area (Å²) >= 11 is 0. The summed E-state index contributed by atoms with van der Waals surface area (Å²) in [7, 11) is 0. The largest absolute Gasteiger partial charge is 0.394 e. The second kappa shape index (κ2) is 5.38. The van der Waals surface area contributed by atoms with Gasteiger partial charge in [0.2, 0.25) is 0 Å². The monoisotopic (exact) mass is 297 g/mol. The molecule has 0 unspecified atom stereocenters. The summed E-state index contributed by atoms with van der Waals surface area (Å²) in [6, 6.07) is 8.10. The van der Waals surface area contributed by atoms with Gasteiger partial charge in [-0.2, -0.15) is 5.10 Å². The van der Waals surface area contributed by atoms with E-state index in [1.165, 1.54) is 11.9 Å². The third-order valence-electron chi connectivity index (χ3n) is 3.50. The molecule has 0 bridgehead atoms. The van der Waals surface area contributed by atoms with Gasteiger partial charge in [0.1, 0.15) is 12.1 Å². The maximum Gasteiger partial charge on any atom is 0.168 e. The van der Waals surface area contributed by atoms with E-state index in [2.05, 4.69) is 20.4 Å². The van der Waals surface area contributed by atoms with Gasteiger partial charge < -0.3 is 10.4 Å². The van der Waals surface area contributed by atoms with Crippen LogP contribution in [0.15, 0.2) is 36.8 Å². The van der Waals surface area contributed by atoms with Gasteiger partial charge in [0, 0.05) is 0 Å². The zero-order valence-electron chi connectivity index (χ0n) is 12.9. The number of nitrogens with one attached hydrogen (secondary N) is 1. The zero-order chi connectivity index (χ0) is 15.7. The lowest BCUT2D eigenvalue weighted by Gasteiger charge is -2.24. The van der Waals surface area contributed by atoms with E-state index in [0.717, 1.165) is 16.7 Å². The SMILES string of the molecule is Cc1ccc(-n2ncc3c(NC(C)(C)CO)ncnc32)cc1. The predicted molar refractivity (Wildman–Crippen MR) is 86.2 cm³/mol. The first-order valence-corrected chi connectivity index (χ1v) is 7.15. The van der Waals surface area contributed by atoms with Crippen molar-refractivity contribution in [3.63, 3.8) is 0 Å². The lowest BCUT2D eigenvalue weighted by molar-refractivity contribution is 0.234. The molecule has 2 N–H and O–H groups in total. The van der Waals surface area contributed by atoms with Crippen LogP contribution in [-0.2, 0) is 0 Å². The van der Waals surface area contributed by atoms with E-state index in [4.69, 9.17) is 0 Å². The van der Waals surface area contributed by atoms with Crippen LogP contribution in [0.5, 0.6) is 0 Å². The van der Waals surface area contributed by atoms with Crippen LogP contribution >= 0.6 is 0 Å². The van der Waals surface area contributed by atoms with Gasteiger partial charge in [-0.15, -0.1) is 0 Å². The molecule has 0 atom stereocenters. The molecular formula is C16H19N5O. The fraction of sp³-hybridized carbons (Fsp3) is 0.312. The fourth-order valence-corrected chi connectivity index (χ4v) is 2.18. The smallest absolute Gasteiger partial charge is 0.168 e. The number of fused-ring (bicyclic) bond motifs is 1. The van der Waals surface area contributed by atoms with Crippen molar-refractivity contribution in [1.29, 1.82) is 0 Å². The van der Waals surface area contributed by atoms with Gasteiger partial charge >= 0.3 is 0 Å². The Bertz CT molecular complexity index is 792. The summed E-state index contributed by atoms with van der Waals surface area (Å²) in [6.45, 7) is 5.87. The van der Waals surface area contributed by atoms with Crippen LogP contribution in [0.4, 0.5) is 5.82 Å². The number of aliphatic hydroxyl groups is 1. The lowest BCUT2D eigenvalue weighted by Crippen LogP contribution is -2.35. The van der Waals surface area contributed by atoms with Gasteiger partial charge in [-0.1, -0.05) is 17.7 Å². The zero-order valence-corrected chi connectivity index (χ0v) is 12.9. The highest BCUT2D eigenvalue weighted by molar-refractivity contribution is 5.87. The summed E-state index contributed by atoms with van der Waals surface area (Å²) in [5.74, 6) is 0.669. The molecule has 6 heteroatoms. The molecule has 2 aromatic heterocycles. The summed E-state index contributed by atoms with van der Waals surface area (Å²) in [5, 5.41) is 17.9. The molecule has 0 aliphatic carbocycles. The first kappa shape index (κ1) is 14.5. The van der Waals surface area contributed by atoms with E-state index in [9.17, 15) is 5.11 Å². The summed E-state index contributed by atoms with van der Waals surface area (Å²) < 4.78 is 1.79. The molecule has 22 heavy (non-hydrogen) atoms. The first-order chi connectivity index (χ1) is 10.5. The highest BCUT2D eigenvalue weighted by atomic mass is 16.3. The van der Waals surface area contributed by atoms with Crippen LogP contribution in [-0.4, -0.2) is 37.0 Å². The second-order valence-corrected chi connectivity index (χ2v) is 6.02. The van der Waals surface area contributed by atoms with Gasteiger partial charge in [-0.25, -0.2) is 14.6 Å². The molecule has 0 saturated heterocycles. The molecule has 0 saturated carbocycles. The third-order valence-corrected chi connectivity index (χ3v) is 3.50. The molecule has 1 aromatic carbocycles. The second-order valence-electron chi connectivity index (χ2n) is 6.02. The maximum absolute atomic E-state index is 9.41. The van der Waals surface area contributed by atoms with Crippen LogP contribution in [0.25, 0.3) is 16.7 Å². The molecule has 0 radical (unpaired) electrons. The number of rotatable bonds is 4. The topological polar surface area (TPSA) is 75.9 Å². The molecule has 0 aliphatic heterocycles. The molecule has 114 valence electrons. The number of hydrogen-bond acceptors (Lipinski definition) is 5. The van der Waals surface area contributed by atoms with Gasteiger partial charge in [0.25, 0.3) is 0 Å². The standard InChI is InChI=1S/C16H19N5O/c1-11-4-6-12(7-5-11)21-15-13(8-19-21)14(17-10-18-15)20-16(2,3)9-22/h4-8,10,22H,9H2,1-3H3,(H,17,18,20). The van der Waals surface area contributed by atoms with E-state index >= 15 is 0 Å². The maximum atomic E-state index is 9.41. The molecule has 0 spiro atoms. The van der Waals surface area contributed by atoms with E-state index in [0.29, 0.717) is 5.82 Å². The first-order valence-electron chi connectivity index (χ1n) is 7.15. The minimum Gasteiger partial charge on any atom is -0.394 e. The molecule has 6 nitrogen and oxygen atoms in total. The Morgan fingerprint density at radius 2 is 1.91 bits per heavy atom. The minimum absolute atomic E-state index is 0.00456. The molecule has 3 rings (SSSR count). The predicted octanol–water partition coefficient (Wildman–Crippen LogP) is 2.31. The van der Waals surface area contributed by atoms with Crippen molar-refractivity contribution in [2.24, 2.45) is 0 Å². The van der Waals surface area contributed by atoms with Gasteiger partial charge in [-0.3, -0.25) is 0 Å². The molecule has 3 aromatic rings. The summed E-state index contributed by atoms with van der Waals surface area (Å²) in [6.07, 6.45) is 3.25. The van der Waals surface area contributed by atoms with Crippen molar-refractivity contribution < 1.29 is 5.11 Å². The minimum atomic E-state index is -0.465. The number of aromatic nitrogens is 4. The number of nitrogens with zero attached hydrogens (tertiary/aromatic N) is 4. The number of benzene rings is 1.